The fourth-order valence-electron chi connectivity index (χ4n) is 2.40. The summed E-state index contributed by atoms with van der Waals surface area (Å²) in [5, 5.41) is 3.43. The maximum Gasteiger partial charge on any atom is 0.124 e. The molecule has 1 aliphatic carbocycles. The van der Waals surface area contributed by atoms with E-state index in [1.54, 1.807) is 23.5 Å². The average Bonchev–Trinajstić information content (AvgIpc) is 2.93. The number of hydrogen-bond acceptors (Lipinski definition) is 2. The number of hydrogen-bond donors (Lipinski definition) is 0. The number of likely N-dealkylation sites (N-methyl/N-ethyl adjacent to an activating group) is 1. The Labute approximate surface area is 98.5 Å². The van der Waals surface area contributed by atoms with Crippen molar-refractivity contribution in [3.63, 3.8) is 0 Å². The first-order chi connectivity index (χ1) is 7.66. The van der Waals surface area contributed by atoms with Gasteiger partial charge < -0.3 is 4.90 Å². The highest BCUT2D eigenvalue weighted by atomic mass is 32.1. The first kappa shape index (κ1) is 10.2. The van der Waals surface area contributed by atoms with E-state index in [9.17, 15) is 4.39 Å². The zero-order valence-electron chi connectivity index (χ0n) is 9.40. The van der Waals surface area contributed by atoms with E-state index in [1.807, 2.05) is 6.07 Å². The molecule has 1 fully saturated rings. The van der Waals surface area contributed by atoms with Gasteiger partial charge in [-0.3, -0.25) is 0 Å². The Morgan fingerprint density at radius 1 is 1.38 bits per heavy atom. The highest BCUT2D eigenvalue weighted by molar-refractivity contribution is 7.17. The van der Waals surface area contributed by atoms with Crippen LogP contribution in [0.2, 0.25) is 0 Å². The summed E-state index contributed by atoms with van der Waals surface area (Å²) >= 11 is 1.65. The predicted molar refractivity (Wildman–Crippen MR) is 66.6 cm³/mol. The van der Waals surface area contributed by atoms with Gasteiger partial charge in [0.1, 0.15) is 5.82 Å². The van der Waals surface area contributed by atoms with Crippen LogP contribution in [0.15, 0.2) is 23.6 Å². The first-order valence-corrected chi connectivity index (χ1v) is 6.38. The van der Waals surface area contributed by atoms with Crippen LogP contribution >= 0.6 is 11.3 Å². The molecule has 0 radical (unpaired) electrons. The first-order valence-electron chi connectivity index (χ1n) is 5.50. The monoisotopic (exact) mass is 235 g/mol. The third kappa shape index (κ3) is 1.55. The van der Waals surface area contributed by atoms with Gasteiger partial charge in [0, 0.05) is 16.7 Å². The molecule has 1 aliphatic rings. The zero-order chi connectivity index (χ0) is 11.3. The Hall–Kier alpha value is -0.930. The smallest absolute Gasteiger partial charge is 0.124 e. The van der Waals surface area contributed by atoms with Crippen LogP contribution in [0.3, 0.4) is 0 Å². The molecule has 3 heteroatoms. The van der Waals surface area contributed by atoms with Crippen LogP contribution < -0.4 is 0 Å². The van der Waals surface area contributed by atoms with Gasteiger partial charge in [0.25, 0.3) is 0 Å². The Morgan fingerprint density at radius 2 is 2.19 bits per heavy atom. The summed E-state index contributed by atoms with van der Waals surface area (Å²) < 4.78 is 14.1. The number of rotatable bonds is 2. The van der Waals surface area contributed by atoms with E-state index in [-0.39, 0.29) is 5.82 Å². The van der Waals surface area contributed by atoms with Gasteiger partial charge in [-0.2, -0.15) is 0 Å². The van der Waals surface area contributed by atoms with Gasteiger partial charge in [0.15, 0.2) is 0 Å². The number of benzene rings is 1. The van der Waals surface area contributed by atoms with Crippen LogP contribution in [-0.4, -0.2) is 25.0 Å². The molecule has 0 saturated heterocycles. The molecule has 1 nitrogen and oxygen atoms in total. The lowest BCUT2D eigenvalue weighted by Gasteiger charge is -2.07. The van der Waals surface area contributed by atoms with E-state index in [1.165, 1.54) is 17.4 Å². The standard InChI is InChI=1S/C13H14FNS/c1-15(2)12-6-10(12)11-7-16-13-5-8(14)3-4-9(11)13/h3-5,7,10,12H,6H2,1-2H3. The second-order valence-electron chi connectivity index (χ2n) is 4.70. The Balaban J connectivity index is 2.00. The highest BCUT2D eigenvalue weighted by Crippen LogP contribution is 2.47. The minimum absolute atomic E-state index is 0.138. The second-order valence-corrected chi connectivity index (χ2v) is 5.62. The number of thiophene rings is 1. The number of halogens is 1. The lowest BCUT2D eigenvalue weighted by molar-refractivity contribution is 0.391. The molecular weight excluding hydrogens is 221 g/mol. The van der Waals surface area contributed by atoms with Gasteiger partial charge in [0.05, 0.1) is 0 Å². The molecule has 0 N–H and O–H groups in total. The highest BCUT2D eigenvalue weighted by Gasteiger charge is 2.41. The van der Waals surface area contributed by atoms with Gasteiger partial charge in [-0.15, -0.1) is 11.3 Å². The third-order valence-corrected chi connectivity index (χ3v) is 4.35. The normalized spacial score (nSPS) is 24.2. The molecule has 0 amide bonds. The maximum atomic E-state index is 13.1. The van der Waals surface area contributed by atoms with Crippen LogP contribution in [0.1, 0.15) is 17.9 Å². The van der Waals surface area contributed by atoms with Gasteiger partial charge in [-0.05, 0) is 49.0 Å². The third-order valence-electron chi connectivity index (χ3n) is 3.39. The minimum atomic E-state index is -0.138. The van der Waals surface area contributed by atoms with Crippen LogP contribution in [0, 0.1) is 5.82 Å². The van der Waals surface area contributed by atoms with Crippen LogP contribution in [0.4, 0.5) is 4.39 Å². The molecule has 0 spiro atoms. The molecule has 1 heterocycles. The summed E-state index contributed by atoms with van der Waals surface area (Å²) in [6.45, 7) is 0. The molecular formula is C13H14FNS. The fourth-order valence-corrected chi connectivity index (χ4v) is 3.45. The van der Waals surface area contributed by atoms with E-state index in [0.717, 1.165) is 4.70 Å². The van der Waals surface area contributed by atoms with Crippen LogP contribution in [0.25, 0.3) is 10.1 Å². The topological polar surface area (TPSA) is 3.24 Å². The summed E-state index contributed by atoms with van der Waals surface area (Å²) in [4.78, 5) is 2.28. The molecule has 1 saturated carbocycles. The molecule has 2 aromatic rings. The second kappa shape index (κ2) is 3.54. The van der Waals surface area contributed by atoms with Crippen molar-refractivity contribution < 1.29 is 4.39 Å². The maximum absolute atomic E-state index is 13.1. The average molecular weight is 235 g/mol. The van der Waals surface area contributed by atoms with Gasteiger partial charge >= 0.3 is 0 Å². The van der Waals surface area contributed by atoms with Crippen molar-refractivity contribution in [3.05, 3.63) is 35.0 Å². The minimum Gasteiger partial charge on any atom is -0.306 e. The largest absolute Gasteiger partial charge is 0.306 e. The number of nitrogens with zero attached hydrogens (tertiary/aromatic N) is 1. The molecule has 1 aromatic carbocycles. The molecule has 2 atom stereocenters. The van der Waals surface area contributed by atoms with E-state index < -0.39 is 0 Å². The summed E-state index contributed by atoms with van der Waals surface area (Å²) in [5.74, 6) is 0.509. The van der Waals surface area contributed by atoms with Crippen molar-refractivity contribution in [2.45, 2.75) is 18.4 Å². The van der Waals surface area contributed by atoms with Crippen molar-refractivity contribution in [1.82, 2.24) is 4.90 Å². The van der Waals surface area contributed by atoms with Crippen LogP contribution in [-0.2, 0) is 0 Å². The molecule has 3 rings (SSSR count). The predicted octanol–water partition coefficient (Wildman–Crippen LogP) is 3.46. The lowest BCUT2D eigenvalue weighted by Crippen LogP contribution is -2.15. The van der Waals surface area contributed by atoms with E-state index in [2.05, 4.69) is 24.4 Å². The fraction of sp³-hybridized carbons (Fsp3) is 0.385. The lowest BCUT2D eigenvalue weighted by atomic mass is 10.1. The van der Waals surface area contributed by atoms with E-state index in [0.29, 0.717) is 12.0 Å². The summed E-state index contributed by atoms with van der Waals surface area (Å²) in [7, 11) is 4.25. The molecule has 16 heavy (non-hydrogen) atoms. The van der Waals surface area contributed by atoms with Crippen LogP contribution in [0.5, 0.6) is 0 Å². The van der Waals surface area contributed by atoms with Crippen molar-refractivity contribution in [1.29, 1.82) is 0 Å². The van der Waals surface area contributed by atoms with E-state index in [4.69, 9.17) is 0 Å². The molecule has 84 valence electrons. The Kier molecular flexibility index (Phi) is 2.26. The Morgan fingerprint density at radius 3 is 2.88 bits per heavy atom. The summed E-state index contributed by atoms with van der Waals surface area (Å²) in [6.07, 6.45) is 1.23. The zero-order valence-corrected chi connectivity index (χ0v) is 10.2. The molecule has 2 unspecified atom stereocenters. The van der Waals surface area contributed by atoms with Gasteiger partial charge in [0.2, 0.25) is 0 Å². The van der Waals surface area contributed by atoms with Crippen molar-refractivity contribution in [2.75, 3.05) is 14.1 Å². The van der Waals surface area contributed by atoms with Crippen molar-refractivity contribution >= 4 is 21.4 Å². The molecule has 0 aliphatic heterocycles. The van der Waals surface area contributed by atoms with Gasteiger partial charge in [-0.25, -0.2) is 4.39 Å². The molecule has 0 bridgehead atoms. The van der Waals surface area contributed by atoms with Crippen molar-refractivity contribution in [3.8, 4) is 0 Å². The van der Waals surface area contributed by atoms with E-state index >= 15 is 0 Å². The van der Waals surface area contributed by atoms with Crippen molar-refractivity contribution in [2.24, 2.45) is 0 Å². The van der Waals surface area contributed by atoms with Gasteiger partial charge in [-0.1, -0.05) is 6.07 Å². The molecule has 1 aromatic heterocycles. The summed E-state index contributed by atoms with van der Waals surface area (Å²) in [6, 6.07) is 5.78. The number of fused-ring (bicyclic) bond motifs is 1. The SMILES string of the molecule is CN(C)C1CC1c1csc2cc(F)ccc12. The quantitative estimate of drug-likeness (QED) is 0.770. The summed E-state index contributed by atoms with van der Waals surface area (Å²) in [5.41, 5.74) is 1.40. The Bertz CT molecular complexity index is 532.